The molecule has 0 aromatic carbocycles. The number of nitrogens with zero attached hydrogens (tertiary/aromatic N) is 1. The quantitative estimate of drug-likeness (QED) is 0.932. The molecule has 3 heterocycles. The van der Waals surface area contributed by atoms with E-state index < -0.39 is 5.79 Å². The van der Waals surface area contributed by atoms with Crippen LogP contribution >= 0.6 is 11.3 Å². The summed E-state index contributed by atoms with van der Waals surface area (Å²) < 4.78 is 11.4. The summed E-state index contributed by atoms with van der Waals surface area (Å²) in [6, 6.07) is 2.09. The maximum absolute atomic E-state index is 12.3. The summed E-state index contributed by atoms with van der Waals surface area (Å²) in [4.78, 5) is 14.1. The van der Waals surface area contributed by atoms with E-state index in [0.29, 0.717) is 32.2 Å². The van der Waals surface area contributed by atoms with E-state index in [1.807, 2.05) is 4.90 Å². The molecule has 0 aliphatic carbocycles. The van der Waals surface area contributed by atoms with Crippen LogP contribution in [0.3, 0.4) is 0 Å². The summed E-state index contributed by atoms with van der Waals surface area (Å²) in [6.07, 6.45) is 1.80. The van der Waals surface area contributed by atoms with Crippen molar-refractivity contribution in [2.45, 2.75) is 31.5 Å². The Morgan fingerprint density at radius 2 is 2.33 bits per heavy atom. The third kappa shape index (κ3) is 3.39. The first-order chi connectivity index (χ1) is 10.2. The molecule has 0 saturated carbocycles. The molecule has 2 aliphatic heterocycles. The summed E-state index contributed by atoms with van der Waals surface area (Å²) in [5.41, 5.74) is 1.28. The van der Waals surface area contributed by atoms with E-state index >= 15 is 0 Å². The molecule has 2 fully saturated rings. The van der Waals surface area contributed by atoms with Crippen LogP contribution in [0.2, 0.25) is 0 Å². The molecule has 2 aliphatic rings. The Hall–Kier alpha value is -1.11. The number of thiophene rings is 1. The average molecular weight is 310 g/mol. The number of piperidine rings is 1. The Morgan fingerprint density at radius 3 is 3.05 bits per heavy atom. The number of ether oxygens (including phenoxy) is 2. The average Bonchev–Trinajstić information content (AvgIpc) is 3.16. The van der Waals surface area contributed by atoms with Crippen molar-refractivity contribution < 1.29 is 14.3 Å². The molecular formula is C15H22N2O3S. The molecule has 1 aromatic rings. The van der Waals surface area contributed by atoms with Crippen molar-refractivity contribution >= 4 is 17.4 Å². The Kier molecular flexibility index (Phi) is 4.47. The van der Waals surface area contributed by atoms with Crippen molar-refractivity contribution in [2.24, 2.45) is 0 Å². The number of urea groups is 1. The highest BCUT2D eigenvalue weighted by molar-refractivity contribution is 7.07. The monoisotopic (exact) mass is 310 g/mol. The van der Waals surface area contributed by atoms with E-state index in [4.69, 9.17) is 9.47 Å². The van der Waals surface area contributed by atoms with Crippen molar-refractivity contribution in [3.05, 3.63) is 22.4 Å². The van der Waals surface area contributed by atoms with Crippen LogP contribution in [0.15, 0.2) is 16.8 Å². The topological polar surface area (TPSA) is 50.8 Å². The largest absolute Gasteiger partial charge is 0.346 e. The second kappa shape index (κ2) is 6.34. The van der Waals surface area contributed by atoms with Crippen molar-refractivity contribution in [3.8, 4) is 0 Å². The van der Waals surface area contributed by atoms with Crippen molar-refractivity contribution in [2.75, 3.05) is 32.8 Å². The summed E-state index contributed by atoms with van der Waals surface area (Å²) in [6.45, 7) is 5.35. The molecule has 116 valence electrons. The molecule has 1 N–H and O–H groups in total. The fourth-order valence-corrected chi connectivity index (χ4v) is 3.70. The van der Waals surface area contributed by atoms with Gasteiger partial charge >= 0.3 is 6.03 Å². The number of carbonyl (C=O) groups excluding carboxylic acids is 1. The van der Waals surface area contributed by atoms with Gasteiger partial charge in [0.25, 0.3) is 0 Å². The Balaban J connectivity index is 1.51. The lowest BCUT2D eigenvalue weighted by molar-refractivity contribution is -0.182. The van der Waals surface area contributed by atoms with E-state index in [-0.39, 0.29) is 6.03 Å². The smallest absolute Gasteiger partial charge is 0.317 e. The third-order valence-corrected chi connectivity index (χ3v) is 4.89. The molecule has 0 radical (unpaired) electrons. The number of hydrogen-bond acceptors (Lipinski definition) is 4. The van der Waals surface area contributed by atoms with Gasteiger partial charge in [-0.25, -0.2) is 4.79 Å². The molecular weight excluding hydrogens is 288 g/mol. The number of likely N-dealkylation sites (tertiary alicyclic amines) is 1. The molecule has 2 saturated heterocycles. The number of amides is 2. The van der Waals surface area contributed by atoms with Crippen LogP contribution in [-0.4, -0.2) is 49.6 Å². The van der Waals surface area contributed by atoms with Gasteiger partial charge in [-0.05, 0) is 34.7 Å². The van der Waals surface area contributed by atoms with E-state index in [2.05, 4.69) is 29.1 Å². The highest BCUT2D eigenvalue weighted by Gasteiger charge is 2.42. The van der Waals surface area contributed by atoms with Gasteiger partial charge < -0.3 is 19.7 Å². The van der Waals surface area contributed by atoms with Crippen LogP contribution in [0.1, 0.15) is 31.2 Å². The van der Waals surface area contributed by atoms with Crippen LogP contribution in [0, 0.1) is 0 Å². The van der Waals surface area contributed by atoms with E-state index in [9.17, 15) is 4.79 Å². The minimum Gasteiger partial charge on any atom is -0.346 e. The molecule has 1 spiro atoms. The van der Waals surface area contributed by atoms with Gasteiger partial charge in [0.1, 0.15) is 0 Å². The number of hydrogen-bond donors (Lipinski definition) is 1. The molecule has 3 rings (SSSR count). The second-order valence-electron chi connectivity index (χ2n) is 5.78. The second-order valence-corrected chi connectivity index (χ2v) is 6.56. The van der Waals surface area contributed by atoms with Crippen LogP contribution in [0.4, 0.5) is 4.79 Å². The van der Waals surface area contributed by atoms with Gasteiger partial charge in [0.2, 0.25) is 0 Å². The number of nitrogens with one attached hydrogen (secondary N) is 1. The van der Waals surface area contributed by atoms with Gasteiger partial charge in [-0.3, -0.25) is 0 Å². The first-order valence-corrected chi connectivity index (χ1v) is 8.46. The highest BCUT2D eigenvalue weighted by Crippen LogP contribution is 2.30. The van der Waals surface area contributed by atoms with Gasteiger partial charge in [0.05, 0.1) is 19.8 Å². The molecule has 21 heavy (non-hydrogen) atoms. The van der Waals surface area contributed by atoms with Crippen molar-refractivity contribution in [1.82, 2.24) is 10.2 Å². The van der Waals surface area contributed by atoms with Crippen LogP contribution in [-0.2, 0) is 9.47 Å². The van der Waals surface area contributed by atoms with Crippen molar-refractivity contribution in [3.63, 3.8) is 0 Å². The fraction of sp³-hybridized carbons (Fsp3) is 0.667. The Morgan fingerprint density at radius 1 is 1.52 bits per heavy atom. The van der Waals surface area contributed by atoms with E-state index in [1.165, 1.54) is 5.56 Å². The van der Waals surface area contributed by atoms with Crippen molar-refractivity contribution in [1.29, 1.82) is 0 Å². The number of carbonyl (C=O) groups is 1. The molecule has 6 heteroatoms. The highest BCUT2D eigenvalue weighted by atomic mass is 32.1. The predicted octanol–water partition coefficient (Wildman–Crippen LogP) is 2.40. The molecule has 0 bridgehead atoms. The SMILES string of the molecule is C[C@@H](CNC(=O)N1CCCC2(C1)OCCO2)c1ccsc1. The lowest BCUT2D eigenvalue weighted by Crippen LogP contribution is -2.54. The summed E-state index contributed by atoms with van der Waals surface area (Å²) in [5, 5.41) is 7.23. The zero-order chi connectivity index (χ0) is 14.7. The minimum atomic E-state index is -0.547. The Labute approximate surface area is 129 Å². The normalized spacial score (nSPS) is 22.4. The van der Waals surface area contributed by atoms with E-state index in [0.717, 1.165) is 19.4 Å². The summed E-state index contributed by atoms with van der Waals surface area (Å²) in [7, 11) is 0. The predicted molar refractivity (Wildman–Crippen MR) is 81.6 cm³/mol. The first-order valence-electron chi connectivity index (χ1n) is 7.51. The fourth-order valence-electron chi connectivity index (χ4n) is 2.92. The lowest BCUT2D eigenvalue weighted by Gasteiger charge is -2.38. The van der Waals surface area contributed by atoms with Gasteiger partial charge in [0.15, 0.2) is 5.79 Å². The summed E-state index contributed by atoms with van der Waals surface area (Å²) in [5.74, 6) is -0.216. The van der Waals surface area contributed by atoms with Crippen LogP contribution < -0.4 is 5.32 Å². The maximum Gasteiger partial charge on any atom is 0.317 e. The van der Waals surface area contributed by atoms with Crippen LogP contribution in [0.25, 0.3) is 0 Å². The molecule has 0 unspecified atom stereocenters. The zero-order valence-electron chi connectivity index (χ0n) is 12.3. The molecule has 1 aromatic heterocycles. The van der Waals surface area contributed by atoms with Gasteiger partial charge in [-0.2, -0.15) is 11.3 Å². The minimum absolute atomic E-state index is 0.0183. The van der Waals surface area contributed by atoms with Gasteiger partial charge in [0, 0.05) is 19.5 Å². The zero-order valence-corrected chi connectivity index (χ0v) is 13.2. The van der Waals surface area contributed by atoms with Crippen LogP contribution in [0.5, 0.6) is 0 Å². The standard InChI is InChI=1S/C15H22N2O3S/c1-12(13-3-8-21-10-13)9-16-14(18)17-5-2-4-15(11-17)19-6-7-20-15/h3,8,10,12H,2,4-7,9,11H2,1H3,(H,16,18)/t12-/m0/s1. The lowest BCUT2D eigenvalue weighted by atomic mass is 10.0. The van der Waals surface area contributed by atoms with E-state index in [1.54, 1.807) is 11.3 Å². The molecule has 5 nitrogen and oxygen atoms in total. The van der Waals surface area contributed by atoms with Gasteiger partial charge in [-0.1, -0.05) is 6.92 Å². The van der Waals surface area contributed by atoms with Gasteiger partial charge in [-0.15, -0.1) is 0 Å². The number of rotatable bonds is 3. The third-order valence-electron chi connectivity index (χ3n) is 4.19. The molecule has 1 atom stereocenters. The maximum atomic E-state index is 12.3. The summed E-state index contributed by atoms with van der Waals surface area (Å²) >= 11 is 1.69. The molecule has 2 amide bonds. The first kappa shape index (κ1) is 14.8. The Bertz CT molecular complexity index is 471.